The molecule has 3 aromatic heterocycles. The van der Waals surface area contributed by atoms with Crippen LogP contribution in [0, 0.1) is 0 Å². The van der Waals surface area contributed by atoms with E-state index in [1.54, 1.807) is 0 Å². The quantitative estimate of drug-likeness (QED) is 0.168. The van der Waals surface area contributed by atoms with Crippen LogP contribution in [-0.4, -0.2) is 15.0 Å². The Kier molecular flexibility index (Phi) is 7.59. The van der Waals surface area contributed by atoms with Gasteiger partial charge < -0.3 is 0 Å². The van der Waals surface area contributed by atoms with Crippen LogP contribution < -0.4 is 12.2 Å². The van der Waals surface area contributed by atoms with Crippen LogP contribution in [0.2, 0.25) is 0 Å². The first-order valence-electron chi connectivity index (χ1n) is 16.3. The predicted octanol–water partition coefficient (Wildman–Crippen LogP) is 9.23. The van der Waals surface area contributed by atoms with E-state index in [2.05, 4.69) is 182 Å². The Morgan fingerprint density at radius 1 is 0.265 bits per heavy atom. The van der Waals surface area contributed by atoms with Crippen molar-refractivity contribution in [3.63, 3.8) is 0 Å². The minimum atomic E-state index is -2.66. The zero-order valence-corrected chi connectivity index (χ0v) is 28.9. The van der Waals surface area contributed by atoms with E-state index in [1.165, 1.54) is 28.9 Å². The van der Waals surface area contributed by atoms with E-state index in [-0.39, 0.29) is 0 Å². The van der Waals surface area contributed by atoms with Crippen molar-refractivity contribution in [3.8, 4) is 33.8 Å². The fraction of sp³-hybridized carbons (Fsp3) is 0. The van der Waals surface area contributed by atoms with Gasteiger partial charge in [-0.2, -0.15) is 0 Å². The standard InChI is InChI=1S/3C15H10N.Ir/c3*1-2-6-12(7-3-1)15-11-10-13-8-4-5-9-14(13)16-15;/h3*1-6,8-11H;. The summed E-state index contributed by atoms with van der Waals surface area (Å²) in [5, 5.41) is 3.42. The molecule has 0 N–H and O–H groups in total. The van der Waals surface area contributed by atoms with Crippen LogP contribution in [0.1, 0.15) is 0 Å². The zero-order chi connectivity index (χ0) is 32.6. The molecule has 6 aromatic carbocycles. The molecule has 3 heterocycles. The van der Waals surface area contributed by atoms with Crippen molar-refractivity contribution in [1.82, 2.24) is 15.0 Å². The van der Waals surface area contributed by atoms with E-state index < -0.39 is 16.5 Å². The van der Waals surface area contributed by atoms with Crippen molar-refractivity contribution in [1.29, 1.82) is 0 Å². The van der Waals surface area contributed by atoms with Crippen LogP contribution in [0.5, 0.6) is 0 Å². The van der Waals surface area contributed by atoms with E-state index >= 15 is 0 Å². The second-order valence-corrected chi connectivity index (χ2v) is 17.5. The summed E-state index contributed by atoms with van der Waals surface area (Å²) in [7, 11) is 0. The molecule has 0 aliphatic heterocycles. The van der Waals surface area contributed by atoms with Crippen LogP contribution in [0.15, 0.2) is 182 Å². The topological polar surface area (TPSA) is 38.7 Å². The van der Waals surface area contributed by atoms with E-state index in [0.29, 0.717) is 0 Å². The summed E-state index contributed by atoms with van der Waals surface area (Å²) in [5.74, 6) is 0. The Labute approximate surface area is 290 Å². The molecule has 0 aliphatic rings. The number of nitrogens with zero attached hydrogens (tertiary/aromatic N) is 3. The van der Waals surface area contributed by atoms with Gasteiger partial charge in [-0.15, -0.1) is 0 Å². The molecule has 0 bridgehead atoms. The molecule has 0 aliphatic carbocycles. The maximum absolute atomic E-state index is 5.21. The fourth-order valence-corrected chi connectivity index (χ4v) is 13.8. The van der Waals surface area contributed by atoms with Gasteiger partial charge in [0.15, 0.2) is 0 Å². The second kappa shape index (κ2) is 12.7. The molecule has 9 rings (SSSR count). The van der Waals surface area contributed by atoms with Crippen molar-refractivity contribution in [2.24, 2.45) is 0 Å². The van der Waals surface area contributed by atoms with Crippen LogP contribution >= 0.6 is 0 Å². The van der Waals surface area contributed by atoms with Gasteiger partial charge in [-0.3, -0.25) is 0 Å². The van der Waals surface area contributed by atoms with Gasteiger partial charge in [0.2, 0.25) is 0 Å². The summed E-state index contributed by atoms with van der Waals surface area (Å²) in [6.45, 7) is 0. The van der Waals surface area contributed by atoms with E-state index in [9.17, 15) is 0 Å². The van der Waals surface area contributed by atoms with Gasteiger partial charge in [0.1, 0.15) is 0 Å². The monoisotopic (exact) mass is 805 g/mol. The van der Waals surface area contributed by atoms with E-state index in [1.807, 2.05) is 0 Å². The first-order chi connectivity index (χ1) is 24.3. The number of hydrogen-bond donors (Lipinski definition) is 0. The SMILES string of the molecule is c1cc[c]([Ir]([c]2ccccc2-c2ccc3ccccc3n2)[c]2ccccc2-c2ccc3ccccc3n2)c(-c2ccc3ccccc3n2)c1. The number of benzene rings is 6. The summed E-state index contributed by atoms with van der Waals surface area (Å²) >= 11 is -2.66. The average Bonchev–Trinajstić information content (AvgIpc) is 3.18. The molecule has 0 spiro atoms. The molecule has 0 saturated carbocycles. The second-order valence-electron chi connectivity index (χ2n) is 11.8. The molecule has 0 atom stereocenters. The first kappa shape index (κ1) is 29.3. The van der Waals surface area contributed by atoms with Gasteiger partial charge in [0.05, 0.1) is 0 Å². The van der Waals surface area contributed by atoms with Crippen LogP contribution in [0.25, 0.3) is 66.5 Å². The van der Waals surface area contributed by atoms with Crippen molar-refractivity contribution >= 4 is 44.9 Å². The summed E-state index contributed by atoms with van der Waals surface area (Å²) in [5.41, 5.74) is 9.47. The van der Waals surface area contributed by atoms with Crippen LogP contribution in [-0.2, 0) is 16.5 Å². The molecular weight excluding hydrogens is 775 g/mol. The van der Waals surface area contributed by atoms with Crippen molar-refractivity contribution in [2.45, 2.75) is 0 Å². The normalized spacial score (nSPS) is 11.6. The molecular formula is C45H30IrN3. The summed E-state index contributed by atoms with van der Waals surface area (Å²) in [4.78, 5) is 15.6. The Balaban J connectivity index is 1.31. The number of rotatable bonds is 6. The molecule has 9 aromatic rings. The van der Waals surface area contributed by atoms with Gasteiger partial charge in [-0.05, 0) is 0 Å². The van der Waals surface area contributed by atoms with Gasteiger partial charge in [0.25, 0.3) is 0 Å². The van der Waals surface area contributed by atoms with Gasteiger partial charge in [-0.25, -0.2) is 0 Å². The van der Waals surface area contributed by atoms with Crippen molar-refractivity contribution in [3.05, 3.63) is 182 Å². The van der Waals surface area contributed by atoms with Crippen LogP contribution in [0.4, 0.5) is 0 Å². The molecule has 0 unspecified atom stereocenters. The third-order valence-electron chi connectivity index (χ3n) is 8.72. The maximum atomic E-state index is 5.21. The molecule has 234 valence electrons. The number of fused-ring (bicyclic) bond motifs is 3. The minimum absolute atomic E-state index is 0.988. The Hall–Kier alpha value is -5.80. The number of para-hydroxylation sites is 3. The summed E-state index contributed by atoms with van der Waals surface area (Å²) < 4.78 is 4.02. The Morgan fingerprint density at radius 3 is 0.898 bits per heavy atom. The summed E-state index contributed by atoms with van der Waals surface area (Å²) in [6.07, 6.45) is 0. The third kappa shape index (κ3) is 5.51. The Morgan fingerprint density at radius 2 is 0.551 bits per heavy atom. The first-order valence-corrected chi connectivity index (χ1v) is 19.9. The molecule has 3 nitrogen and oxygen atoms in total. The van der Waals surface area contributed by atoms with Gasteiger partial charge in [-0.1, -0.05) is 0 Å². The number of aromatic nitrogens is 3. The average molecular weight is 805 g/mol. The zero-order valence-electron chi connectivity index (χ0n) is 26.5. The predicted molar refractivity (Wildman–Crippen MR) is 200 cm³/mol. The fourth-order valence-electron chi connectivity index (χ4n) is 6.34. The van der Waals surface area contributed by atoms with Gasteiger partial charge >= 0.3 is 292 Å². The molecule has 0 radical (unpaired) electrons. The molecule has 0 saturated heterocycles. The van der Waals surface area contributed by atoms with E-state index in [4.69, 9.17) is 15.0 Å². The molecule has 49 heavy (non-hydrogen) atoms. The molecule has 0 amide bonds. The summed E-state index contributed by atoms with van der Waals surface area (Å²) in [6, 6.07) is 64.8. The Bertz CT molecular complexity index is 2360. The molecule has 4 heteroatoms. The van der Waals surface area contributed by atoms with E-state index in [0.717, 1.165) is 49.8 Å². The van der Waals surface area contributed by atoms with Crippen molar-refractivity contribution < 1.29 is 16.5 Å². The number of pyridine rings is 3. The number of hydrogen-bond acceptors (Lipinski definition) is 3. The van der Waals surface area contributed by atoms with Crippen LogP contribution in [0.3, 0.4) is 0 Å². The third-order valence-corrected chi connectivity index (χ3v) is 15.7. The molecule has 0 fully saturated rings. The van der Waals surface area contributed by atoms with Crippen molar-refractivity contribution in [2.75, 3.05) is 0 Å². The van der Waals surface area contributed by atoms with Gasteiger partial charge in [0, 0.05) is 0 Å².